The molecule has 1 saturated heterocycles. The molecule has 11 atom stereocenters. The molecule has 0 unspecified atom stereocenters. The number of rotatable bonds is 4. The molecule has 3 saturated carbocycles. The summed E-state index contributed by atoms with van der Waals surface area (Å²) >= 11 is 0. The van der Waals surface area contributed by atoms with Crippen molar-refractivity contribution < 1.29 is 14.6 Å². The molecule has 3 nitrogen and oxygen atoms in total. The third kappa shape index (κ3) is 2.81. The molecule has 0 aromatic rings. The van der Waals surface area contributed by atoms with Crippen molar-refractivity contribution >= 4 is 5.78 Å². The van der Waals surface area contributed by atoms with Gasteiger partial charge in [-0.3, -0.25) is 4.79 Å². The van der Waals surface area contributed by atoms with Crippen LogP contribution in [0, 0.1) is 52.3 Å². The van der Waals surface area contributed by atoms with Crippen LogP contribution >= 0.6 is 0 Å². The van der Waals surface area contributed by atoms with E-state index in [0.29, 0.717) is 35.5 Å². The van der Waals surface area contributed by atoms with Gasteiger partial charge in [0.15, 0.2) is 5.78 Å². The molecule has 172 valence electrons. The molecule has 31 heavy (non-hydrogen) atoms. The Morgan fingerprint density at radius 3 is 2.61 bits per heavy atom. The van der Waals surface area contributed by atoms with Crippen LogP contribution in [0.2, 0.25) is 0 Å². The first-order valence-corrected chi connectivity index (χ1v) is 12.8. The summed E-state index contributed by atoms with van der Waals surface area (Å²) in [4.78, 5) is 13.2. The zero-order valence-electron chi connectivity index (χ0n) is 20.3. The van der Waals surface area contributed by atoms with E-state index in [1.165, 1.54) is 12.8 Å². The Bertz CT molecular complexity index is 813. The number of allylic oxidation sites excluding steroid dienone is 3. The normalized spacial score (nSPS) is 52.5. The minimum atomic E-state index is -0.563. The third-order valence-electron chi connectivity index (χ3n) is 11.0. The molecular formula is C28H42O3. The lowest BCUT2D eigenvalue weighted by atomic mass is 9.44. The van der Waals surface area contributed by atoms with E-state index < -0.39 is 11.5 Å². The fourth-order valence-electron chi connectivity index (χ4n) is 8.83. The van der Waals surface area contributed by atoms with Gasteiger partial charge in [0.2, 0.25) is 0 Å². The summed E-state index contributed by atoms with van der Waals surface area (Å²) in [5, 5.41) is 11.6. The summed E-state index contributed by atoms with van der Waals surface area (Å²) in [6, 6.07) is 0. The van der Waals surface area contributed by atoms with E-state index in [-0.39, 0.29) is 28.8 Å². The maximum absolute atomic E-state index is 13.2. The van der Waals surface area contributed by atoms with Crippen LogP contribution in [0.15, 0.2) is 24.3 Å². The number of hydrogen-bond donors (Lipinski definition) is 1. The van der Waals surface area contributed by atoms with Crippen molar-refractivity contribution in [3.8, 4) is 0 Å². The predicted molar refractivity (Wildman–Crippen MR) is 123 cm³/mol. The van der Waals surface area contributed by atoms with Crippen molar-refractivity contribution in [2.45, 2.75) is 91.5 Å². The Morgan fingerprint density at radius 1 is 1.16 bits per heavy atom. The summed E-state index contributed by atoms with van der Waals surface area (Å²) < 4.78 is 6.33. The maximum Gasteiger partial charge on any atom is 0.164 e. The zero-order valence-corrected chi connectivity index (χ0v) is 20.3. The Labute approximate surface area is 188 Å². The molecule has 0 amide bonds. The molecule has 0 radical (unpaired) electrons. The van der Waals surface area contributed by atoms with E-state index in [1.54, 1.807) is 6.08 Å². The van der Waals surface area contributed by atoms with E-state index in [2.05, 4.69) is 53.7 Å². The van der Waals surface area contributed by atoms with Crippen LogP contribution in [0.5, 0.6) is 0 Å². The fraction of sp³-hybridized carbons (Fsp3) is 0.821. The highest BCUT2D eigenvalue weighted by Gasteiger charge is 2.78. The highest BCUT2D eigenvalue weighted by Crippen LogP contribution is 2.73. The lowest BCUT2D eigenvalue weighted by Gasteiger charge is -2.59. The number of aliphatic hydroxyl groups is 1. The van der Waals surface area contributed by atoms with Crippen LogP contribution in [-0.4, -0.2) is 28.7 Å². The van der Waals surface area contributed by atoms with Crippen molar-refractivity contribution in [2.75, 3.05) is 0 Å². The molecule has 0 aromatic heterocycles. The first kappa shape index (κ1) is 21.9. The number of carbonyl (C=O) groups is 1. The van der Waals surface area contributed by atoms with Crippen LogP contribution in [0.4, 0.5) is 0 Å². The van der Waals surface area contributed by atoms with Gasteiger partial charge >= 0.3 is 0 Å². The highest BCUT2D eigenvalue weighted by molar-refractivity contribution is 5.97. The van der Waals surface area contributed by atoms with Crippen LogP contribution in [0.3, 0.4) is 0 Å². The molecule has 5 aliphatic rings. The number of aliphatic hydroxyl groups excluding tert-OH is 1. The van der Waals surface area contributed by atoms with Gasteiger partial charge in [0.25, 0.3) is 0 Å². The summed E-state index contributed by atoms with van der Waals surface area (Å²) in [6.07, 6.45) is 13.6. The standard InChI is InChI=1S/C28H42O3/c1-16(2)17(3)9-10-18(4)20-11-12-21-19-14-24-28(31-24)13-7-8-23(30)27(28,6)25(19)22(29)15-26(20,21)5/h7-10,16-22,24-25,29H,11-15H2,1-6H3/b10-9+/t17-,18+,19-,20+,21-,22+,24+,25+,26+,27+,28+/m0/s1. The zero-order chi connectivity index (χ0) is 22.3. The number of carbonyl (C=O) groups excluding carboxylic acids is 1. The quantitative estimate of drug-likeness (QED) is 0.472. The summed E-state index contributed by atoms with van der Waals surface area (Å²) in [5.74, 6) is 3.58. The molecule has 1 N–H and O–H groups in total. The predicted octanol–water partition coefficient (Wildman–Crippen LogP) is 5.58. The molecule has 0 aromatic carbocycles. The van der Waals surface area contributed by atoms with Gasteiger partial charge < -0.3 is 9.84 Å². The largest absolute Gasteiger partial charge is 0.393 e. The van der Waals surface area contributed by atoms with Gasteiger partial charge in [0.05, 0.1) is 17.6 Å². The summed E-state index contributed by atoms with van der Waals surface area (Å²) in [7, 11) is 0. The SMILES string of the molecule is CC(C)[C@@H](C)/C=C/[C@@H](C)[C@H]1CC[C@H]2[C@@H]3C[C@H]4O[C@]45CC=CC(=O)[C@]5(C)[C@H]3[C@H](O)C[C@]12C. The molecule has 3 heteroatoms. The molecule has 1 spiro atoms. The third-order valence-corrected chi connectivity index (χ3v) is 11.0. The van der Waals surface area contributed by atoms with Gasteiger partial charge in [-0.25, -0.2) is 0 Å². The Balaban J connectivity index is 1.44. The van der Waals surface area contributed by atoms with Gasteiger partial charge in [0, 0.05) is 5.92 Å². The van der Waals surface area contributed by atoms with E-state index in [1.807, 2.05) is 6.08 Å². The van der Waals surface area contributed by atoms with Crippen molar-refractivity contribution in [1.82, 2.24) is 0 Å². The molecule has 0 bridgehead atoms. The molecule has 5 rings (SSSR count). The Morgan fingerprint density at radius 2 is 1.90 bits per heavy atom. The van der Waals surface area contributed by atoms with Gasteiger partial charge in [-0.05, 0) is 86.0 Å². The number of ketones is 1. The topological polar surface area (TPSA) is 49.8 Å². The van der Waals surface area contributed by atoms with Crippen LogP contribution < -0.4 is 0 Å². The highest BCUT2D eigenvalue weighted by atomic mass is 16.6. The average Bonchev–Trinajstić information content (AvgIpc) is 3.30. The van der Waals surface area contributed by atoms with Crippen molar-refractivity contribution in [1.29, 1.82) is 0 Å². The second-order valence-electron chi connectivity index (χ2n) is 12.5. The average molecular weight is 427 g/mol. The first-order chi connectivity index (χ1) is 14.6. The molecular weight excluding hydrogens is 384 g/mol. The Kier molecular flexibility index (Phi) is 4.97. The Hall–Kier alpha value is -0.930. The minimum Gasteiger partial charge on any atom is -0.393 e. The van der Waals surface area contributed by atoms with Crippen LogP contribution in [0.25, 0.3) is 0 Å². The van der Waals surface area contributed by atoms with Crippen molar-refractivity contribution in [3.63, 3.8) is 0 Å². The summed E-state index contributed by atoms with van der Waals surface area (Å²) in [6.45, 7) is 13.8. The number of fused-ring (bicyclic) bond motifs is 4. The molecule has 1 heterocycles. The van der Waals surface area contributed by atoms with Crippen LogP contribution in [0.1, 0.15) is 73.6 Å². The second kappa shape index (κ2) is 7.03. The monoisotopic (exact) mass is 426 g/mol. The lowest BCUT2D eigenvalue weighted by Crippen LogP contribution is -2.64. The maximum atomic E-state index is 13.2. The van der Waals surface area contributed by atoms with E-state index in [9.17, 15) is 9.90 Å². The molecule has 1 aliphatic heterocycles. The van der Waals surface area contributed by atoms with Gasteiger partial charge in [-0.15, -0.1) is 0 Å². The van der Waals surface area contributed by atoms with Crippen molar-refractivity contribution in [2.24, 2.45) is 52.3 Å². The van der Waals surface area contributed by atoms with E-state index in [0.717, 1.165) is 19.3 Å². The number of hydrogen-bond acceptors (Lipinski definition) is 3. The van der Waals surface area contributed by atoms with Gasteiger partial charge in [-0.2, -0.15) is 0 Å². The van der Waals surface area contributed by atoms with E-state index in [4.69, 9.17) is 4.74 Å². The van der Waals surface area contributed by atoms with Gasteiger partial charge in [-0.1, -0.05) is 52.8 Å². The number of ether oxygens (including phenoxy) is 1. The smallest absolute Gasteiger partial charge is 0.164 e. The van der Waals surface area contributed by atoms with E-state index >= 15 is 0 Å². The molecule has 4 aliphatic carbocycles. The van der Waals surface area contributed by atoms with Crippen LogP contribution in [-0.2, 0) is 9.53 Å². The first-order valence-electron chi connectivity index (χ1n) is 12.8. The lowest BCUT2D eigenvalue weighted by molar-refractivity contribution is -0.166. The number of epoxide rings is 1. The summed E-state index contributed by atoms with van der Waals surface area (Å²) in [5.41, 5.74) is -0.758. The fourth-order valence-corrected chi connectivity index (χ4v) is 8.83. The molecule has 4 fully saturated rings. The van der Waals surface area contributed by atoms with Crippen molar-refractivity contribution in [3.05, 3.63) is 24.3 Å². The minimum absolute atomic E-state index is 0.0346. The second-order valence-corrected chi connectivity index (χ2v) is 12.5. The van der Waals surface area contributed by atoms with Gasteiger partial charge in [0.1, 0.15) is 5.60 Å².